The van der Waals surface area contributed by atoms with Crippen LogP contribution in [0.5, 0.6) is 0 Å². The van der Waals surface area contributed by atoms with Crippen LogP contribution in [0, 0.1) is 28.6 Å². The molecule has 4 nitrogen and oxygen atoms in total. The minimum absolute atomic E-state index is 0.0437. The van der Waals surface area contributed by atoms with Crippen LogP contribution in [0.1, 0.15) is 79.6 Å². The van der Waals surface area contributed by atoms with Gasteiger partial charge in [0.05, 0.1) is 5.70 Å². The van der Waals surface area contributed by atoms with Gasteiger partial charge < -0.3 is 10.8 Å². The van der Waals surface area contributed by atoms with E-state index in [1.165, 1.54) is 5.57 Å². The zero-order valence-electron chi connectivity index (χ0n) is 19.6. The summed E-state index contributed by atoms with van der Waals surface area (Å²) in [6.45, 7) is 16.3. The predicted octanol–water partition coefficient (Wildman–Crippen LogP) is 5.90. The Morgan fingerprint density at radius 2 is 2.07 bits per heavy atom. The summed E-state index contributed by atoms with van der Waals surface area (Å²) in [4.78, 5) is 17.9. The van der Waals surface area contributed by atoms with Crippen LogP contribution in [0.3, 0.4) is 0 Å². The maximum Gasteiger partial charge on any atom is 0.210 e. The lowest BCUT2D eigenvalue weighted by Gasteiger charge is -2.59. The second-order valence-corrected chi connectivity index (χ2v) is 10.6. The van der Waals surface area contributed by atoms with Gasteiger partial charge in [0.25, 0.3) is 0 Å². The molecule has 0 saturated heterocycles. The quantitative estimate of drug-likeness (QED) is 0.436. The summed E-state index contributed by atoms with van der Waals surface area (Å²) in [7, 11) is 0. The van der Waals surface area contributed by atoms with Crippen molar-refractivity contribution in [3.05, 3.63) is 35.3 Å². The third kappa shape index (κ3) is 3.78. The summed E-state index contributed by atoms with van der Waals surface area (Å²) in [5.41, 5.74) is 8.62. The highest BCUT2D eigenvalue weighted by molar-refractivity contribution is 6.50. The SMILES string of the molecule is C=C1CCCC2C1(C)CCC(C)C2(C)CC1=C(O)C(N)=CC(=NCC(C)CC)C1=O. The lowest BCUT2D eigenvalue weighted by Crippen LogP contribution is -2.51. The van der Waals surface area contributed by atoms with Gasteiger partial charge in [0.1, 0.15) is 11.5 Å². The highest BCUT2D eigenvalue weighted by Gasteiger charge is 2.54. The molecule has 0 aliphatic heterocycles. The fourth-order valence-electron chi connectivity index (χ4n) is 6.03. The molecule has 3 aliphatic carbocycles. The van der Waals surface area contributed by atoms with Gasteiger partial charge in [0.15, 0.2) is 0 Å². The molecular weight excluding hydrogens is 372 g/mol. The number of aliphatic hydroxyl groups excluding tert-OH is 1. The first kappa shape index (κ1) is 22.8. The Bertz CT molecular complexity index is 821. The number of ketones is 1. The van der Waals surface area contributed by atoms with Crippen LogP contribution in [0.2, 0.25) is 0 Å². The average Bonchev–Trinajstić information content (AvgIpc) is 2.71. The Balaban J connectivity index is 1.96. The van der Waals surface area contributed by atoms with Gasteiger partial charge in [-0.3, -0.25) is 9.79 Å². The summed E-state index contributed by atoms with van der Waals surface area (Å²) >= 11 is 0. The summed E-state index contributed by atoms with van der Waals surface area (Å²) in [6.07, 6.45) is 8.79. The van der Waals surface area contributed by atoms with Crippen LogP contribution in [-0.2, 0) is 4.79 Å². The number of fused-ring (bicyclic) bond motifs is 1. The molecule has 166 valence electrons. The molecule has 0 spiro atoms. The molecule has 0 aromatic rings. The lowest BCUT2D eigenvalue weighted by atomic mass is 9.46. The molecule has 0 radical (unpaired) electrons. The summed E-state index contributed by atoms with van der Waals surface area (Å²) in [5.74, 6) is 1.13. The highest BCUT2D eigenvalue weighted by atomic mass is 16.3. The number of aliphatic hydroxyl groups is 1. The Kier molecular flexibility index (Phi) is 6.36. The standard InChI is InChI=1S/C26H40N2O2/c1-7-16(2)15-28-21-13-20(27)23(29)19(24(21)30)14-26(6)18(4)11-12-25(5)17(3)9-8-10-22(25)26/h13,16,18,22,29H,3,7-12,14-15,27H2,1-2,4-6H3. The van der Waals surface area contributed by atoms with E-state index in [0.717, 1.165) is 38.5 Å². The van der Waals surface area contributed by atoms with Gasteiger partial charge in [0, 0.05) is 12.1 Å². The van der Waals surface area contributed by atoms with E-state index in [1.807, 2.05) is 0 Å². The van der Waals surface area contributed by atoms with Crippen molar-refractivity contribution < 1.29 is 9.90 Å². The van der Waals surface area contributed by atoms with E-state index in [9.17, 15) is 9.90 Å². The van der Waals surface area contributed by atoms with E-state index in [-0.39, 0.29) is 28.1 Å². The molecule has 5 unspecified atom stereocenters. The smallest absolute Gasteiger partial charge is 0.210 e. The number of carbonyl (C=O) groups is 1. The molecule has 0 aromatic carbocycles. The maximum absolute atomic E-state index is 13.3. The first-order chi connectivity index (χ1) is 14.0. The summed E-state index contributed by atoms with van der Waals surface area (Å²) in [6, 6.07) is 0. The van der Waals surface area contributed by atoms with E-state index in [0.29, 0.717) is 42.0 Å². The van der Waals surface area contributed by atoms with Gasteiger partial charge in [-0.2, -0.15) is 0 Å². The number of nitrogens with two attached hydrogens (primary N) is 1. The second-order valence-electron chi connectivity index (χ2n) is 10.6. The molecule has 30 heavy (non-hydrogen) atoms. The number of rotatable bonds is 5. The van der Waals surface area contributed by atoms with Gasteiger partial charge >= 0.3 is 0 Å². The predicted molar refractivity (Wildman–Crippen MR) is 124 cm³/mol. The number of allylic oxidation sites excluding steroid dienone is 3. The fourth-order valence-corrected chi connectivity index (χ4v) is 6.03. The average molecular weight is 413 g/mol. The van der Waals surface area contributed by atoms with Crippen LogP contribution in [0.4, 0.5) is 0 Å². The number of aliphatic imine (C=N–C) groups is 1. The number of hydrogen-bond acceptors (Lipinski definition) is 4. The highest BCUT2D eigenvalue weighted by Crippen LogP contribution is 2.63. The monoisotopic (exact) mass is 412 g/mol. The summed E-state index contributed by atoms with van der Waals surface area (Å²) < 4.78 is 0. The maximum atomic E-state index is 13.3. The van der Waals surface area contributed by atoms with Crippen molar-refractivity contribution in [1.29, 1.82) is 0 Å². The number of nitrogens with zero attached hydrogens (tertiary/aromatic N) is 1. The van der Waals surface area contributed by atoms with Crippen molar-refractivity contribution in [2.24, 2.45) is 39.3 Å². The van der Waals surface area contributed by atoms with Crippen LogP contribution < -0.4 is 5.73 Å². The van der Waals surface area contributed by atoms with Crippen molar-refractivity contribution in [3.8, 4) is 0 Å². The molecule has 0 heterocycles. The van der Waals surface area contributed by atoms with Crippen LogP contribution in [0.25, 0.3) is 0 Å². The van der Waals surface area contributed by atoms with E-state index in [1.54, 1.807) is 6.08 Å². The van der Waals surface area contributed by atoms with Gasteiger partial charge in [-0.1, -0.05) is 53.2 Å². The van der Waals surface area contributed by atoms with Gasteiger partial charge in [-0.15, -0.1) is 0 Å². The van der Waals surface area contributed by atoms with E-state index < -0.39 is 0 Å². The van der Waals surface area contributed by atoms with Crippen molar-refractivity contribution in [2.45, 2.75) is 79.6 Å². The normalized spacial score (nSPS) is 37.2. The lowest BCUT2D eigenvalue weighted by molar-refractivity contribution is -0.111. The van der Waals surface area contributed by atoms with Crippen molar-refractivity contribution in [3.63, 3.8) is 0 Å². The topological polar surface area (TPSA) is 75.7 Å². The third-order valence-electron chi connectivity index (χ3n) is 8.75. The van der Waals surface area contributed by atoms with Gasteiger partial charge in [0.2, 0.25) is 5.78 Å². The molecule has 0 bridgehead atoms. The Labute approximate surface area is 182 Å². The second kappa shape index (κ2) is 8.36. The van der Waals surface area contributed by atoms with E-state index in [2.05, 4.69) is 46.2 Å². The Morgan fingerprint density at radius 1 is 1.37 bits per heavy atom. The molecule has 0 amide bonds. The third-order valence-corrected chi connectivity index (χ3v) is 8.75. The van der Waals surface area contributed by atoms with Crippen molar-refractivity contribution >= 4 is 11.5 Å². The molecule has 2 fully saturated rings. The Morgan fingerprint density at radius 3 is 2.73 bits per heavy atom. The van der Waals surface area contributed by atoms with E-state index in [4.69, 9.17) is 5.73 Å². The molecule has 0 aromatic heterocycles. The molecule has 4 heteroatoms. The number of carbonyl (C=O) groups excluding carboxylic acids is 1. The van der Waals surface area contributed by atoms with Crippen LogP contribution in [0.15, 0.2) is 40.2 Å². The van der Waals surface area contributed by atoms with Crippen LogP contribution >= 0.6 is 0 Å². The first-order valence-electron chi connectivity index (χ1n) is 11.7. The first-order valence-corrected chi connectivity index (χ1v) is 11.7. The largest absolute Gasteiger partial charge is 0.505 e. The van der Waals surface area contributed by atoms with Crippen molar-refractivity contribution in [2.75, 3.05) is 6.54 Å². The Hall–Kier alpha value is -1.84. The molecule has 3 aliphatic rings. The van der Waals surface area contributed by atoms with Crippen LogP contribution in [-0.4, -0.2) is 23.1 Å². The molecular formula is C26H40N2O2. The zero-order chi connectivity index (χ0) is 22.3. The number of hydrogen-bond donors (Lipinski definition) is 2. The molecule has 3 N–H and O–H groups in total. The summed E-state index contributed by atoms with van der Waals surface area (Å²) in [5, 5.41) is 10.8. The van der Waals surface area contributed by atoms with Gasteiger partial charge in [-0.25, -0.2) is 0 Å². The molecule has 2 saturated carbocycles. The van der Waals surface area contributed by atoms with Gasteiger partial charge in [-0.05, 0) is 73.2 Å². The fraction of sp³-hybridized carbons (Fsp3) is 0.692. The van der Waals surface area contributed by atoms with Crippen molar-refractivity contribution in [1.82, 2.24) is 0 Å². The minimum atomic E-state index is -0.152. The van der Waals surface area contributed by atoms with E-state index >= 15 is 0 Å². The molecule has 3 rings (SSSR count). The number of Topliss-reactive ketones (excluding diaryl/α,β-unsaturated/α-hetero) is 1. The zero-order valence-corrected chi connectivity index (χ0v) is 19.6. The minimum Gasteiger partial charge on any atom is -0.505 e. The molecule has 5 atom stereocenters.